The molecule has 5 rings (SSSR count). The summed E-state index contributed by atoms with van der Waals surface area (Å²) in [5, 5.41) is 2.90. The minimum absolute atomic E-state index is 0.0150. The summed E-state index contributed by atoms with van der Waals surface area (Å²) in [6.07, 6.45) is 15.1. The molecule has 0 saturated heterocycles. The molecule has 0 heterocycles. The Kier molecular flexibility index (Phi) is 8.74. The van der Waals surface area contributed by atoms with Gasteiger partial charge in [0.15, 0.2) is 0 Å². The number of amides is 1. The lowest BCUT2D eigenvalue weighted by molar-refractivity contribution is -0.119. The molecular weight excluding hydrogens is 514 g/mol. The van der Waals surface area contributed by atoms with E-state index in [0.29, 0.717) is 19.4 Å². The summed E-state index contributed by atoms with van der Waals surface area (Å²) < 4.78 is 31.2. The van der Waals surface area contributed by atoms with E-state index in [4.69, 9.17) is 0 Å². The number of rotatable bonds is 10. The molecule has 1 unspecified atom stereocenters. The van der Waals surface area contributed by atoms with Crippen molar-refractivity contribution in [2.75, 3.05) is 18.5 Å². The number of nitrogens with zero attached hydrogens (tertiary/aromatic N) is 2. The lowest BCUT2D eigenvalue weighted by Gasteiger charge is -2.23. The average molecular weight is 547 g/mol. The van der Waals surface area contributed by atoms with Gasteiger partial charge in [0.1, 0.15) is 11.6 Å². The molecule has 0 spiro atoms. The lowest BCUT2D eigenvalue weighted by atomic mass is 10.1. The van der Waals surface area contributed by atoms with Crippen molar-refractivity contribution >= 4 is 29.8 Å². The second-order valence-electron chi connectivity index (χ2n) is 9.88. The lowest BCUT2D eigenvalue weighted by Crippen LogP contribution is -2.34. The molecule has 2 N–H and O–H groups in total. The Morgan fingerprint density at radius 3 is 2.97 bits per heavy atom. The minimum Gasteiger partial charge on any atom is -0.393 e. The molecule has 2 aromatic carbocycles. The van der Waals surface area contributed by atoms with E-state index in [9.17, 15) is 13.6 Å². The third-order valence-corrected chi connectivity index (χ3v) is 8.09. The largest absolute Gasteiger partial charge is 0.393 e. The number of aliphatic imine (C=N–C) groups is 1. The molecule has 5 nitrogen and oxygen atoms in total. The maximum atomic E-state index is 13.9. The molecule has 0 aromatic heterocycles. The summed E-state index contributed by atoms with van der Waals surface area (Å²) in [5.41, 5.74) is 4.07. The Morgan fingerprint density at radius 1 is 1.23 bits per heavy atom. The van der Waals surface area contributed by atoms with Gasteiger partial charge in [-0.3, -0.25) is 14.5 Å². The Hall–Kier alpha value is -3.49. The molecule has 1 fully saturated rings. The van der Waals surface area contributed by atoms with Crippen molar-refractivity contribution in [3.05, 3.63) is 112 Å². The van der Waals surface area contributed by atoms with Crippen LogP contribution in [-0.2, 0) is 11.2 Å². The number of nitrogens with one attached hydrogen (secondary N) is 2. The molecule has 0 bridgehead atoms. The normalized spacial score (nSPS) is 22.0. The Labute approximate surface area is 232 Å². The van der Waals surface area contributed by atoms with Crippen LogP contribution in [0, 0.1) is 11.7 Å². The van der Waals surface area contributed by atoms with Crippen LogP contribution in [-0.4, -0.2) is 25.7 Å². The molecule has 202 valence electrons. The Morgan fingerprint density at radius 2 is 2.13 bits per heavy atom. The first-order chi connectivity index (χ1) is 19.0. The van der Waals surface area contributed by atoms with Gasteiger partial charge in [0.25, 0.3) is 0 Å². The van der Waals surface area contributed by atoms with Crippen molar-refractivity contribution in [3.8, 4) is 0 Å². The molecule has 3 aliphatic carbocycles. The maximum Gasteiger partial charge on any atom is 0.231 e. The SMILES string of the molecule is CN/C=C\N=CCN(C(=O)[C@H]1C[C@@H]1c1cccc(F)c1)c1ccc2c(c1)C(NSC1=CC=CCC(F)=C1)CC2. The average Bonchev–Trinajstić information content (AvgIpc) is 3.68. The molecule has 1 amide bonds. The summed E-state index contributed by atoms with van der Waals surface area (Å²) in [5.74, 6) is -0.596. The van der Waals surface area contributed by atoms with E-state index in [0.717, 1.165) is 34.6 Å². The number of benzene rings is 2. The highest BCUT2D eigenvalue weighted by Gasteiger charge is 2.46. The van der Waals surface area contributed by atoms with E-state index >= 15 is 0 Å². The molecule has 8 heteroatoms. The number of carbonyl (C=O) groups is 1. The van der Waals surface area contributed by atoms with Crippen LogP contribution in [0.1, 0.15) is 47.9 Å². The third kappa shape index (κ3) is 6.75. The van der Waals surface area contributed by atoms with Gasteiger partial charge < -0.3 is 10.2 Å². The molecule has 3 aliphatic rings. The van der Waals surface area contributed by atoms with Crippen molar-refractivity contribution < 1.29 is 13.6 Å². The van der Waals surface area contributed by atoms with E-state index in [1.807, 2.05) is 24.3 Å². The Balaban J connectivity index is 1.34. The predicted molar refractivity (Wildman–Crippen MR) is 156 cm³/mol. The zero-order chi connectivity index (χ0) is 27.2. The third-order valence-electron chi connectivity index (χ3n) is 7.19. The van der Waals surface area contributed by atoms with E-state index in [2.05, 4.69) is 27.2 Å². The van der Waals surface area contributed by atoms with Gasteiger partial charge in [-0.1, -0.05) is 30.4 Å². The van der Waals surface area contributed by atoms with Crippen molar-refractivity contribution in [1.29, 1.82) is 0 Å². The highest BCUT2D eigenvalue weighted by molar-refractivity contribution is 8.01. The van der Waals surface area contributed by atoms with Crippen LogP contribution in [0.4, 0.5) is 14.5 Å². The summed E-state index contributed by atoms with van der Waals surface area (Å²) in [6, 6.07) is 12.8. The van der Waals surface area contributed by atoms with Gasteiger partial charge >= 0.3 is 0 Å². The fourth-order valence-corrected chi connectivity index (χ4v) is 5.95. The van der Waals surface area contributed by atoms with E-state index < -0.39 is 0 Å². The van der Waals surface area contributed by atoms with Crippen molar-refractivity contribution in [3.63, 3.8) is 0 Å². The van der Waals surface area contributed by atoms with Crippen LogP contribution in [0.5, 0.6) is 0 Å². The second-order valence-corrected chi connectivity index (χ2v) is 10.8. The van der Waals surface area contributed by atoms with Crippen LogP contribution in [0.15, 0.2) is 94.9 Å². The number of allylic oxidation sites excluding steroid dienone is 5. The Bertz CT molecular complexity index is 1370. The summed E-state index contributed by atoms with van der Waals surface area (Å²) >= 11 is 1.43. The van der Waals surface area contributed by atoms with Crippen LogP contribution in [0.25, 0.3) is 0 Å². The summed E-state index contributed by atoms with van der Waals surface area (Å²) in [7, 11) is 1.80. The van der Waals surface area contributed by atoms with Crippen LogP contribution >= 0.6 is 11.9 Å². The predicted octanol–water partition coefficient (Wildman–Crippen LogP) is 6.65. The number of anilines is 1. The maximum absolute atomic E-state index is 13.9. The zero-order valence-electron chi connectivity index (χ0n) is 21.8. The topological polar surface area (TPSA) is 56.7 Å². The second kappa shape index (κ2) is 12.6. The van der Waals surface area contributed by atoms with Crippen LogP contribution in [0.2, 0.25) is 0 Å². The van der Waals surface area contributed by atoms with Gasteiger partial charge in [0.2, 0.25) is 5.91 Å². The van der Waals surface area contributed by atoms with Crippen molar-refractivity contribution in [1.82, 2.24) is 10.0 Å². The molecule has 2 aromatic rings. The molecular formula is C31H32F2N4OS. The van der Waals surface area contributed by atoms with Crippen LogP contribution < -0.4 is 14.9 Å². The van der Waals surface area contributed by atoms with Gasteiger partial charge in [-0.25, -0.2) is 8.78 Å². The summed E-state index contributed by atoms with van der Waals surface area (Å²) in [6.45, 7) is 0.328. The van der Waals surface area contributed by atoms with E-state index in [1.54, 1.807) is 48.8 Å². The quantitative estimate of drug-likeness (QED) is 0.259. The van der Waals surface area contributed by atoms with Gasteiger partial charge in [0.05, 0.1) is 6.54 Å². The van der Waals surface area contributed by atoms with Crippen molar-refractivity contribution in [2.24, 2.45) is 10.9 Å². The van der Waals surface area contributed by atoms with E-state index in [1.165, 1.54) is 29.6 Å². The standard InChI is InChI=1S/C31H32F2N4OS/c1-34-13-14-35-15-16-37(31(38)29-20-27(29)22-5-4-7-23(32)17-22)25-11-9-21-10-12-30(28(21)19-25)36-39-26-8-3-2-6-24(33)18-26/h2-5,7-9,11,13-15,17-19,27,29-30,34,36H,6,10,12,16,20H2,1H3/b14-13-,35-15?/t27-,29+,30?/m1/s1. The highest BCUT2D eigenvalue weighted by atomic mass is 32.2. The van der Waals surface area contributed by atoms with Gasteiger partial charge in [-0.15, -0.1) is 0 Å². The number of carbonyl (C=O) groups excluding carboxylic acids is 1. The van der Waals surface area contributed by atoms with Gasteiger partial charge in [-0.2, -0.15) is 0 Å². The first-order valence-electron chi connectivity index (χ1n) is 13.2. The monoisotopic (exact) mass is 546 g/mol. The molecule has 3 atom stereocenters. The smallest absolute Gasteiger partial charge is 0.231 e. The first-order valence-corrected chi connectivity index (χ1v) is 14.0. The highest BCUT2D eigenvalue weighted by Crippen LogP contribution is 2.49. The van der Waals surface area contributed by atoms with E-state index in [-0.39, 0.29) is 35.4 Å². The first kappa shape index (κ1) is 27.1. The van der Waals surface area contributed by atoms with Crippen LogP contribution in [0.3, 0.4) is 0 Å². The molecule has 1 saturated carbocycles. The molecule has 39 heavy (non-hydrogen) atoms. The fraction of sp³-hybridized carbons (Fsp3) is 0.290. The zero-order valence-corrected chi connectivity index (χ0v) is 22.6. The minimum atomic E-state index is -0.283. The number of hydrogen-bond donors (Lipinski definition) is 2. The molecule has 0 radical (unpaired) electrons. The number of aryl methyl sites for hydroxylation is 1. The fourth-order valence-electron chi connectivity index (χ4n) is 5.09. The molecule has 0 aliphatic heterocycles. The van der Waals surface area contributed by atoms with Crippen molar-refractivity contribution in [2.45, 2.75) is 37.6 Å². The number of fused-ring (bicyclic) bond motifs is 1. The van der Waals surface area contributed by atoms with Gasteiger partial charge in [-0.05, 0) is 90.2 Å². The number of halogens is 2. The van der Waals surface area contributed by atoms with Gasteiger partial charge in [0, 0.05) is 54.6 Å². The summed E-state index contributed by atoms with van der Waals surface area (Å²) in [4.78, 5) is 20.6. The number of hydrogen-bond acceptors (Lipinski definition) is 5.